The first kappa shape index (κ1) is 12.9. The average molecular weight is 209 g/mol. The van der Waals surface area contributed by atoms with Gasteiger partial charge in [-0.3, -0.25) is 0 Å². The molecule has 0 heterocycles. The summed E-state index contributed by atoms with van der Waals surface area (Å²) >= 11 is 11.4. The second-order valence-electron chi connectivity index (χ2n) is 2.04. The molecule has 0 nitrogen and oxygen atoms in total. The molecule has 0 rings (SSSR count). The number of hydrogen-bond donors (Lipinski definition) is 0. The molecule has 9 heavy (non-hydrogen) atoms. The maximum Gasteiger partial charge on any atom is 0.104 e. The highest BCUT2D eigenvalue weighted by Crippen LogP contribution is 2.45. The number of alkyl halides is 1. The van der Waals surface area contributed by atoms with Gasteiger partial charge in [0.05, 0.1) is 28.9 Å². The van der Waals surface area contributed by atoms with Gasteiger partial charge < -0.3 is 12.4 Å². The lowest BCUT2D eigenvalue weighted by atomic mass is 10.6. The molecule has 0 radical (unpaired) electrons. The standard InChI is InChI=1S/C5H11Cl2P.ClH/c1-5(2)8(7)4-3-6;/h5H,3-4H2,1-2H3;1H. The maximum atomic E-state index is 5.93. The van der Waals surface area contributed by atoms with Crippen LogP contribution in [0.1, 0.15) is 13.8 Å². The molecule has 0 aromatic heterocycles. The average Bonchev–Trinajstić information content (AvgIpc) is 1.67. The molecule has 0 bridgehead atoms. The van der Waals surface area contributed by atoms with E-state index in [9.17, 15) is 0 Å². The van der Waals surface area contributed by atoms with E-state index in [4.69, 9.17) is 22.8 Å². The zero-order chi connectivity index (χ0) is 6.57. The largest absolute Gasteiger partial charge is 1.00 e. The zero-order valence-electron chi connectivity index (χ0n) is 5.63. The van der Waals surface area contributed by atoms with Crippen LogP contribution >= 0.6 is 30.1 Å². The highest BCUT2D eigenvalue weighted by atomic mass is 35.7. The van der Waals surface area contributed by atoms with Crippen molar-refractivity contribution < 1.29 is 12.4 Å². The zero-order valence-corrected chi connectivity index (χ0v) is 8.89. The van der Waals surface area contributed by atoms with Crippen molar-refractivity contribution in [1.29, 1.82) is 0 Å². The smallest absolute Gasteiger partial charge is 0.104 e. The SMILES string of the molecule is CC(C)[PH+](Cl)CCCl.[Cl-]. The van der Waals surface area contributed by atoms with Gasteiger partial charge in [0.15, 0.2) is 0 Å². The van der Waals surface area contributed by atoms with Gasteiger partial charge in [0, 0.05) is 0 Å². The normalized spacial score (nSPS) is 13.0. The Hall–Kier alpha value is 1.30. The summed E-state index contributed by atoms with van der Waals surface area (Å²) in [6, 6.07) is 0. The van der Waals surface area contributed by atoms with E-state index in [1.807, 2.05) is 0 Å². The molecule has 4 heteroatoms. The molecule has 0 N–H and O–H groups in total. The molecule has 0 aromatic rings. The van der Waals surface area contributed by atoms with Crippen LogP contribution in [0.3, 0.4) is 0 Å². The van der Waals surface area contributed by atoms with E-state index >= 15 is 0 Å². The van der Waals surface area contributed by atoms with Crippen LogP contribution in [-0.4, -0.2) is 17.7 Å². The molecule has 0 aliphatic heterocycles. The molecule has 0 fully saturated rings. The molecule has 0 aliphatic rings. The first-order chi connectivity index (χ1) is 3.68. The summed E-state index contributed by atoms with van der Waals surface area (Å²) in [5.41, 5.74) is 0.653. The second-order valence-corrected chi connectivity index (χ2v) is 6.42. The van der Waals surface area contributed by atoms with Gasteiger partial charge in [0.1, 0.15) is 7.27 Å². The van der Waals surface area contributed by atoms with Crippen LogP contribution in [0.5, 0.6) is 0 Å². The fraction of sp³-hybridized carbons (Fsp3) is 1.00. The van der Waals surface area contributed by atoms with Crippen LogP contribution < -0.4 is 12.4 Å². The van der Waals surface area contributed by atoms with Gasteiger partial charge >= 0.3 is 0 Å². The lowest BCUT2D eigenvalue weighted by Gasteiger charge is -2.00. The third-order valence-corrected chi connectivity index (χ3v) is 5.32. The van der Waals surface area contributed by atoms with Crippen molar-refractivity contribution in [1.82, 2.24) is 0 Å². The molecule has 0 saturated heterocycles. The predicted octanol–water partition coefficient (Wildman–Crippen LogP) is 0.00560. The molecule has 0 spiro atoms. The number of hydrogen-bond acceptors (Lipinski definition) is 0. The van der Waals surface area contributed by atoms with E-state index in [-0.39, 0.29) is 12.4 Å². The fourth-order valence-corrected chi connectivity index (χ4v) is 2.32. The topological polar surface area (TPSA) is 0 Å². The Morgan fingerprint density at radius 3 is 2.00 bits per heavy atom. The quantitative estimate of drug-likeness (QED) is 0.454. The van der Waals surface area contributed by atoms with Crippen molar-refractivity contribution in [2.45, 2.75) is 19.5 Å². The molecular formula is C5H12Cl3P. The Balaban J connectivity index is 0. The summed E-state index contributed by atoms with van der Waals surface area (Å²) in [5.74, 6) is 0.718. The van der Waals surface area contributed by atoms with Gasteiger partial charge in [-0.05, 0) is 13.8 Å². The van der Waals surface area contributed by atoms with Gasteiger partial charge in [0.2, 0.25) is 0 Å². The monoisotopic (exact) mass is 208 g/mol. The number of rotatable bonds is 3. The van der Waals surface area contributed by atoms with Crippen molar-refractivity contribution in [3.05, 3.63) is 0 Å². The summed E-state index contributed by atoms with van der Waals surface area (Å²) < 4.78 is 0. The molecule has 0 aliphatic carbocycles. The Kier molecular flexibility index (Phi) is 10.6. The van der Waals surface area contributed by atoms with Crippen LogP contribution in [0.25, 0.3) is 0 Å². The lowest BCUT2D eigenvalue weighted by molar-refractivity contribution is -0.00000165. The summed E-state index contributed by atoms with van der Waals surface area (Å²) in [5, 5.41) is 0. The first-order valence-electron chi connectivity index (χ1n) is 2.75. The van der Waals surface area contributed by atoms with Crippen molar-refractivity contribution in [2.24, 2.45) is 0 Å². The third kappa shape index (κ3) is 7.19. The van der Waals surface area contributed by atoms with Gasteiger partial charge in [-0.1, -0.05) is 0 Å². The molecule has 1 atom stereocenters. The summed E-state index contributed by atoms with van der Waals surface area (Å²) in [7, 11) is -0.617. The Bertz CT molecular complexity index is 58.2. The van der Waals surface area contributed by atoms with Crippen LogP contribution in [0, 0.1) is 0 Å². The van der Waals surface area contributed by atoms with E-state index in [1.165, 1.54) is 0 Å². The van der Waals surface area contributed by atoms with Crippen LogP contribution in [0.15, 0.2) is 0 Å². The Morgan fingerprint density at radius 1 is 1.44 bits per heavy atom. The minimum Gasteiger partial charge on any atom is -1.00 e. The van der Waals surface area contributed by atoms with E-state index in [1.54, 1.807) is 0 Å². The minimum absolute atomic E-state index is 0. The first-order valence-corrected chi connectivity index (χ1v) is 6.08. The molecule has 1 unspecified atom stereocenters. The molecule has 58 valence electrons. The van der Waals surface area contributed by atoms with Crippen molar-refractivity contribution in [3.63, 3.8) is 0 Å². The van der Waals surface area contributed by atoms with Gasteiger partial charge in [-0.25, -0.2) is 0 Å². The van der Waals surface area contributed by atoms with Crippen LogP contribution in [-0.2, 0) is 0 Å². The number of halogens is 3. The maximum absolute atomic E-state index is 5.93. The summed E-state index contributed by atoms with van der Waals surface area (Å²) in [4.78, 5) is 0. The highest BCUT2D eigenvalue weighted by molar-refractivity contribution is 7.84. The molecular weight excluding hydrogens is 197 g/mol. The van der Waals surface area contributed by atoms with E-state index in [2.05, 4.69) is 13.8 Å². The van der Waals surface area contributed by atoms with E-state index in [0.29, 0.717) is 5.66 Å². The van der Waals surface area contributed by atoms with Gasteiger partial charge in [-0.15, -0.1) is 11.6 Å². The lowest BCUT2D eigenvalue weighted by Crippen LogP contribution is -3.00. The van der Waals surface area contributed by atoms with Crippen LogP contribution in [0.2, 0.25) is 0 Å². The summed E-state index contributed by atoms with van der Waals surface area (Å²) in [6.07, 6.45) is 1.02. The minimum atomic E-state index is -0.617. The van der Waals surface area contributed by atoms with E-state index in [0.717, 1.165) is 12.0 Å². The molecule has 0 amide bonds. The Morgan fingerprint density at radius 2 is 1.89 bits per heavy atom. The molecule has 0 saturated carbocycles. The van der Waals surface area contributed by atoms with Gasteiger partial charge in [-0.2, -0.15) is 0 Å². The third-order valence-electron chi connectivity index (χ3n) is 0.960. The Labute approximate surface area is 74.3 Å². The van der Waals surface area contributed by atoms with Crippen molar-refractivity contribution >= 4 is 30.1 Å². The van der Waals surface area contributed by atoms with E-state index < -0.39 is 7.27 Å². The van der Waals surface area contributed by atoms with Crippen molar-refractivity contribution in [2.75, 3.05) is 12.0 Å². The molecule has 0 aromatic carbocycles. The highest BCUT2D eigenvalue weighted by Gasteiger charge is 2.15. The summed E-state index contributed by atoms with van der Waals surface area (Å²) in [6.45, 7) is 4.29. The second kappa shape index (κ2) is 7.41. The van der Waals surface area contributed by atoms with Crippen LogP contribution in [0.4, 0.5) is 0 Å². The fourth-order valence-electron chi connectivity index (χ4n) is 0.379. The van der Waals surface area contributed by atoms with Gasteiger partial charge in [0.25, 0.3) is 0 Å². The van der Waals surface area contributed by atoms with Crippen molar-refractivity contribution in [3.8, 4) is 0 Å². The predicted molar refractivity (Wildman–Crippen MR) is 44.9 cm³/mol.